The Bertz CT molecular complexity index is 643. The number of hydrogen-bond donors (Lipinski definition) is 2. The molecule has 2 aliphatic rings. The lowest BCUT2D eigenvalue weighted by Gasteiger charge is -2.43. The lowest BCUT2D eigenvalue weighted by atomic mass is 9.94. The molecule has 1 aromatic heterocycles. The van der Waals surface area contributed by atoms with Crippen molar-refractivity contribution in [2.24, 2.45) is 4.99 Å². The average Bonchev–Trinajstić information content (AvgIpc) is 3.35. The summed E-state index contributed by atoms with van der Waals surface area (Å²) in [5.41, 5.74) is 0.148. The van der Waals surface area contributed by atoms with Crippen molar-refractivity contribution in [3.63, 3.8) is 0 Å². The molecule has 0 radical (unpaired) electrons. The first-order chi connectivity index (χ1) is 13.4. The Morgan fingerprint density at radius 3 is 2.71 bits per heavy atom. The molecular weight excluding hydrogens is 374 g/mol. The van der Waals surface area contributed by atoms with Crippen LogP contribution in [0.3, 0.4) is 0 Å². The fraction of sp³-hybridized carbons (Fsp3) is 0.800. The van der Waals surface area contributed by atoms with Crippen molar-refractivity contribution < 1.29 is 9.15 Å². The standard InChI is InChI=1S/C20H35N5O2S/c1-5-21-18(23-13-17-22-12-16(27-17)19(2,3)4)24-14-20(6-11-28-15-20)25-7-9-26-10-8-25/h12H,5-11,13-15H2,1-4H3,(H2,21,23,24). The zero-order chi connectivity index (χ0) is 20.0. The van der Waals surface area contributed by atoms with Crippen molar-refractivity contribution in [3.8, 4) is 0 Å². The maximum absolute atomic E-state index is 5.87. The van der Waals surface area contributed by atoms with E-state index in [-0.39, 0.29) is 11.0 Å². The Balaban J connectivity index is 1.63. The summed E-state index contributed by atoms with van der Waals surface area (Å²) < 4.78 is 11.4. The second-order valence-electron chi connectivity index (χ2n) is 8.54. The quantitative estimate of drug-likeness (QED) is 0.551. The predicted molar refractivity (Wildman–Crippen MR) is 115 cm³/mol. The van der Waals surface area contributed by atoms with E-state index in [1.165, 1.54) is 12.2 Å². The second kappa shape index (κ2) is 9.50. The van der Waals surface area contributed by atoms with Gasteiger partial charge in [0.15, 0.2) is 5.96 Å². The summed E-state index contributed by atoms with van der Waals surface area (Å²) in [6.07, 6.45) is 3.02. The van der Waals surface area contributed by atoms with E-state index in [0.29, 0.717) is 12.4 Å². The van der Waals surface area contributed by atoms with E-state index in [9.17, 15) is 0 Å². The summed E-state index contributed by atoms with van der Waals surface area (Å²) in [6.45, 7) is 14.3. The number of aromatic nitrogens is 1. The Hall–Kier alpha value is -1.25. The van der Waals surface area contributed by atoms with Crippen molar-refractivity contribution in [1.29, 1.82) is 0 Å². The van der Waals surface area contributed by atoms with E-state index in [1.807, 2.05) is 18.0 Å². The molecule has 0 amide bonds. The van der Waals surface area contributed by atoms with E-state index in [4.69, 9.17) is 14.1 Å². The largest absolute Gasteiger partial charge is 0.443 e. The van der Waals surface area contributed by atoms with Crippen LogP contribution >= 0.6 is 11.8 Å². The number of thioether (sulfide) groups is 1. The first-order valence-corrected chi connectivity index (χ1v) is 11.5. The molecule has 7 nitrogen and oxygen atoms in total. The average molecular weight is 410 g/mol. The number of ether oxygens (including phenoxy) is 1. The zero-order valence-electron chi connectivity index (χ0n) is 17.7. The molecule has 1 unspecified atom stereocenters. The molecule has 1 atom stereocenters. The molecule has 2 fully saturated rings. The summed E-state index contributed by atoms with van der Waals surface area (Å²) in [6, 6.07) is 0. The number of rotatable bonds is 6. The van der Waals surface area contributed by atoms with E-state index in [1.54, 1.807) is 0 Å². The summed E-state index contributed by atoms with van der Waals surface area (Å²) in [5.74, 6) is 4.75. The summed E-state index contributed by atoms with van der Waals surface area (Å²) in [7, 11) is 0. The minimum absolute atomic E-state index is 0.0393. The number of hydrogen-bond acceptors (Lipinski definition) is 6. The van der Waals surface area contributed by atoms with Gasteiger partial charge in [-0.3, -0.25) is 4.90 Å². The molecule has 28 heavy (non-hydrogen) atoms. The van der Waals surface area contributed by atoms with Gasteiger partial charge in [0.25, 0.3) is 0 Å². The van der Waals surface area contributed by atoms with Crippen LogP contribution in [0.15, 0.2) is 15.6 Å². The van der Waals surface area contributed by atoms with Gasteiger partial charge in [0.1, 0.15) is 12.3 Å². The summed E-state index contributed by atoms with van der Waals surface area (Å²) in [5, 5.41) is 6.94. The third-order valence-electron chi connectivity index (χ3n) is 5.36. The Kier molecular flexibility index (Phi) is 7.28. The first-order valence-electron chi connectivity index (χ1n) is 10.3. The number of morpholine rings is 1. The van der Waals surface area contributed by atoms with E-state index in [0.717, 1.165) is 56.9 Å². The molecule has 0 aliphatic carbocycles. The first kappa shape index (κ1) is 21.5. The van der Waals surface area contributed by atoms with Crippen molar-refractivity contribution >= 4 is 17.7 Å². The molecule has 0 aromatic carbocycles. The third-order valence-corrected chi connectivity index (χ3v) is 6.59. The molecular formula is C20H35N5O2S. The number of nitrogens with one attached hydrogen (secondary N) is 2. The molecule has 2 aliphatic heterocycles. The van der Waals surface area contributed by atoms with Gasteiger partial charge in [-0.25, -0.2) is 9.98 Å². The van der Waals surface area contributed by atoms with Gasteiger partial charge in [-0.2, -0.15) is 11.8 Å². The third kappa shape index (κ3) is 5.42. The number of oxazole rings is 1. The van der Waals surface area contributed by atoms with Gasteiger partial charge in [-0.1, -0.05) is 20.8 Å². The highest BCUT2D eigenvalue weighted by Crippen LogP contribution is 2.33. The van der Waals surface area contributed by atoms with Crippen molar-refractivity contribution in [3.05, 3.63) is 17.8 Å². The van der Waals surface area contributed by atoms with Gasteiger partial charge >= 0.3 is 0 Å². The van der Waals surface area contributed by atoms with Gasteiger partial charge < -0.3 is 19.8 Å². The number of aliphatic imine (C=N–C) groups is 1. The minimum atomic E-state index is -0.0393. The summed E-state index contributed by atoms with van der Waals surface area (Å²) in [4.78, 5) is 11.7. The lowest BCUT2D eigenvalue weighted by Crippen LogP contribution is -2.60. The monoisotopic (exact) mass is 409 g/mol. The topological polar surface area (TPSA) is 74.9 Å². The Morgan fingerprint density at radius 2 is 2.11 bits per heavy atom. The normalized spacial score (nSPS) is 24.5. The molecule has 8 heteroatoms. The predicted octanol–water partition coefficient (Wildman–Crippen LogP) is 2.24. The summed E-state index contributed by atoms with van der Waals surface area (Å²) >= 11 is 2.05. The molecule has 0 saturated carbocycles. The van der Waals surface area contributed by atoms with Gasteiger partial charge in [-0.05, 0) is 19.1 Å². The second-order valence-corrected chi connectivity index (χ2v) is 9.65. The maximum Gasteiger partial charge on any atom is 0.216 e. The van der Waals surface area contributed by atoms with Crippen LogP contribution in [0.5, 0.6) is 0 Å². The highest BCUT2D eigenvalue weighted by molar-refractivity contribution is 7.99. The smallest absolute Gasteiger partial charge is 0.216 e. The van der Waals surface area contributed by atoms with Crippen LogP contribution in [-0.4, -0.2) is 72.3 Å². The lowest BCUT2D eigenvalue weighted by molar-refractivity contribution is -0.0120. The van der Waals surface area contributed by atoms with Crippen LogP contribution in [0.25, 0.3) is 0 Å². The number of nitrogens with zero attached hydrogens (tertiary/aromatic N) is 3. The molecule has 3 heterocycles. The van der Waals surface area contributed by atoms with Crippen LogP contribution in [-0.2, 0) is 16.7 Å². The Morgan fingerprint density at radius 1 is 1.32 bits per heavy atom. The molecule has 0 bridgehead atoms. The van der Waals surface area contributed by atoms with Gasteiger partial charge in [0, 0.05) is 42.9 Å². The fourth-order valence-electron chi connectivity index (χ4n) is 3.60. The van der Waals surface area contributed by atoms with Crippen molar-refractivity contribution in [2.45, 2.75) is 51.6 Å². The van der Waals surface area contributed by atoms with Crippen molar-refractivity contribution in [1.82, 2.24) is 20.5 Å². The van der Waals surface area contributed by atoms with E-state index < -0.39 is 0 Å². The molecule has 2 saturated heterocycles. The van der Waals surface area contributed by atoms with Crippen LogP contribution < -0.4 is 10.6 Å². The van der Waals surface area contributed by atoms with Crippen LogP contribution in [0.1, 0.15) is 45.8 Å². The highest BCUT2D eigenvalue weighted by atomic mass is 32.2. The van der Waals surface area contributed by atoms with Gasteiger partial charge in [0.2, 0.25) is 5.89 Å². The van der Waals surface area contributed by atoms with Crippen molar-refractivity contribution in [2.75, 3.05) is 50.9 Å². The fourth-order valence-corrected chi connectivity index (χ4v) is 5.08. The number of guanidine groups is 1. The molecule has 1 aromatic rings. The molecule has 3 rings (SSSR count). The highest BCUT2D eigenvalue weighted by Gasteiger charge is 2.40. The molecule has 2 N–H and O–H groups in total. The van der Waals surface area contributed by atoms with Gasteiger partial charge in [-0.15, -0.1) is 0 Å². The SMILES string of the molecule is CCNC(=NCc1ncc(C(C)(C)C)o1)NCC1(N2CCOCC2)CCSC1. The van der Waals surface area contributed by atoms with E-state index in [2.05, 4.69) is 48.2 Å². The minimum Gasteiger partial charge on any atom is -0.443 e. The molecule has 158 valence electrons. The maximum atomic E-state index is 5.87. The van der Waals surface area contributed by atoms with Crippen LogP contribution in [0.4, 0.5) is 0 Å². The Labute approximate surface area is 173 Å². The zero-order valence-corrected chi connectivity index (χ0v) is 18.5. The van der Waals surface area contributed by atoms with Gasteiger partial charge in [0.05, 0.1) is 19.4 Å². The van der Waals surface area contributed by atoms with E-state index >= 15 is 0 Å². The molecule has 0 spiro atoms. The van der Waals surface area contributed by atoms with Crippen LogP contribution in [0.2, 0.25) is 0 Å². The van der Waals surface area contributed by atoms with Crippen LogP contribution in [0, 0.1) is 0 Å².